The zero-order valence-electron chi connectivity index (χ0n) is 18.6. The van der Waals surface area contributed by atoms with Crippen LogP contribution in [0.15, 0.2) is 72.8 Å². The van der Waals surface area contributed by atoms with Gasteiger partial charge in [0.15, 0.2) is 0 Å². The molecule has 5 rings (SSSR count). The van der Waals surface area contributed by atoms with E-state index >= 15 is 0 Å². The summed E-state index contributed by atoms with van der Waals surface area (Å²) in [5.74, 6) is -1.34. The maximum absolute atomic E-state index is 13.4. The minimum Gasteiger partial charge on any atom is -0.452 e. The lowest BCUT2D eigenvalue weighted by Gasteiger charge is -2.28. The first-order valence-electron chi connectivity index (χ1n) is 11.1. The zero-order chi connectivity index (χ0) is 23.7. The SMILES string of the molecule is COC(=O)N1CCCc2cc(NC(=O)C(=O)c3c(-c4ccccc4)[nH]c4ccccc34)ccc21. The summed E-state index contributed by atoms with van der Waals surface area (Å²) in [6.07, 6.45) is 1.13. The first kappa shape index (κ1) is 21.5. The quantitative estimate of drug-likeness (QED) is 0.329. The van der Waals surface area contributed by atoms with E-state index in [1.165, 1.54) is 7.11 Å². The van der Waals surface area contributed by atoms with E-state index in [4.69, 9.17) is 4.74 Å². The van der Waals surface area contributed by atoms with Crippen LogP contribution in [0.5, 0.6) is 0 Å². The number of fused-ring (bicyclic) bond motifs is 2. The van der Waals surface area contributed by atoms with Crippen molar-refractivity contribution in [3.63, 3.8) is 0 Å². The fraction of sp³-hybridized carbons (Fsp3) is 0.148. The topological polar surface area (TPSA) is 91.5 Å². The normalized spacial score (nSPS) is 12.8. The number of carbonyl (C=O) groups excluding carboxylic acids is 3. The van der Waals surface area contributed by atoms with Gasteiger partial charge in [0.2, 0.25) is 0 Å². The van der Waals surface area contributed by atoms with Gasteiger partial charge in [-0.15, -0.1) is 0 Å². The van der Waals surface area contributed by atoms with Crippen molar-refractivity contribution in [1.29, 1.82) is 0 Å². The zero-order valence-corrected chi connectivity index (χ0v) is 18.6. The summed E-state index contributed by atoms with van der Waals surface area (Å²) in [5, 5.41) is 3.44. The van der Waals surface area contributed by atoms with Crippen LogP contribution < -0.4 is 10.2 Å². The second-order valence-corrected chi connectivity index (χ2v) is 8.14. The molecule has 0 saturated carbocycles. The van der Waals surface area contributed by atoms with E-state index in [0.29, 0.717) is 28.9 Å². The number of carbonyl (C=O) groups is 3. The number of methoxy groups -OCH3 is 1. The molecule has 7 heteroatoms. The van der Waals surface area contributed by atoms with E-state index < -0.39 is 17.8 Å². The summed E-state index contributed by atoms with van der Waals surface area (Å²) in [5.41, 5.74) is 4.74. The van der Waals surface area contributed by atoms with Crippen LogP contribution in [0.3, 0.4) is 0 Å². The summed E-state index contributed by atoms with van der Waals surface area (Å²) in [7, 11) is 1.35. The molecule has 0 unspecified atom stereocenters. The van der Waals surface area contributed by atoms with Gasteiger partial charge in [-0.1, -0.05) is 48.5 Å². The van der Waals surface area contributed by atoms with Crippen LogP contribution in [0, 0.1) is 0 Å². The Morgan fingerprint density at radius 1 is 0.971 bits per heavy atom. The highest BCUT2D eigenvalue weighted by Gasteiger charge is 2.27. The Bertz CT molecular complexity index is 1410. The molecule has 0 saturated heterocycles. The number of ketones is 1. The van der Waals surface area contributed by atoms with Gasteiger partial charge in [-0.3, -0.25) is 14.5 Å². The number of aromatic amines is 1. The second kappa shape index (κ2) is 8.86. The van der Waals surface area contributed by atoms with Crippen molar-refractivity contribution in [2.45, 2.75) is 12.8 Å². The van der Waals surface area contributed by atoms with Gasteiger partial charge < -0.3 is 15.0 Å². The smallest absolute Gasteiger partial charge is 0.414 e. The highest BCUT2D eigenvalue weighted by molar-refractivity contribution is 6.49. The maximum Gasteiger partial charge on any atom is 0.414 e. The number of hydrogen-bond donors (Lipinski definition) is 2. The second-order valence-electron chi connectivity index (χ2n) is 8.14. The van der Waals surface area contributed by atoms with Gasteiger partial charge in [-0.05, 0) is 48.2 Å². The third kappa shape index (κ3) is 3.81. The Labute approximate surface area is 196 Å². The largest absolute Gasteiger partial charge is 0.452 e. The molecule has 1 aliphatic rings. The van der Waals surface area contributed by atoms with Crippen molar-refractivity contribution in [1.82, 2.24) is 4.98 Å². The molecule has 4 aromatic rings. The van der Waals surface area contributed by atoms with Gasteiger partial charge in [0.1, 0.15) is 0 Å². The molecule has 0 radical (unpaired) electrons. The van der Waals surface area contributed by atoms with Crippen LogP contribution in [0.25, 0.3) is 22.2 Å². The fourth-order valence-corrected chi connectivity index (χ4v) is 4.48. The molecule has 170 valence electrons. The van der Waals surface area contributed by atoms with E-state index in [-0.39, 0.29) is 0 Å². The average molecular weight is 453 g/mol. The molecular weight excluding hydrogens is 430 g/mol. The molecule has 1 aliphatic heterocycles. The molecule has 0 atom stereocenters. The van der Waals surface area contributed by atoms with E-state index in [1.54, 1.807) is 17.0 Å². The summed E-state index contributed by atoms with van der Waals surface area (Å²) in [4.78, 5) is 43.4. The van der Waals surface area contributed by atoms with Gasteiger partial charge in [-0.2, -0.15) is 0 Å². The van der Waals surface area contributed by atoms with Gasteiger partial charge in [-0.25, -0.2) is 4.79 Å². The van der Waals surface area contributed by atoms with E-state index in [2.05, 4.69) is 10.3 Å². The summed E-state index contributed by atoms with van der Waals surface area (Å²) in [6, 6.07) is 22.2. The van der Waals surface area contributed by atoms with Crippen molar-refractivity contribution in [2.24, 2.45) is 0 Å². The molecule has 0 fully saturated rings. The molecular formula is C27H23N3O4. The lowest BCUT2D eigenvalue weighted by molar-refractivity contribution is -0.112. The van der Waals surface area contributed by atoms with Crippen molar-refractivity contribution < 1.29 is 19.1 Å². The number of anilines is 2. The third-order valence-corrected chi connectivity index (χ3v) is 6.05. The van der Waals surface area contributed by atoms with Crippen LogP contribution in [-0.4, -0.2) is 36.4 Å². The number of benzene rings is 3. The van der Waals surface area contributed by atoms with Crippen molar-refractivity contribution in [3.05, 3.63) is 83.9 Å². The van der Waals surface area contributed by atoms with Gasteiger partial charge in [0, 0.05) is 23.1 Å². The summed E-state index contributed by atoms with van der Waals surface area (Å²) < 4.78 is 4.87. The molecule has 0 aliphatic carbocycles. The van der Waals surface area contributed by atoms with Crippen molar-refractivity contribution in [3.8, 4) is 11.3 Å². The number of nitrogens with one attached hydrogen (secondary N) is 2. The lowest BCUT2D eigenvalue weighted by Crippen LogP contribution is -2.35. The standard InChI is InChI=1S/C27H23N3O4/c1-34-27(33)30-15-7-10-18-16-19(13-14-22(18)30)28-26(32)25(31)23-20-11-5-6-12-21(20)29-24(23)17-8-3-2-4-9-17/h2-6,8-9,11-14,16,29H,7,10,15H2,1H3,(H,28,32). The Morgan fingerprint density at radius 2 is 1.74 bits per heavy atom. The monoisotopic (exact) mass is 453 g/mol. The molecule has 7 nitrogen and oxygen atoms in total. The number of para-hydroxylation sites is 1. The number of nitrogens with zero attached hydrogens (tertiary/aromatic N) is 1. The first-order valence-corrected chi connectivity index (χ1v) is 11.1. The third-order valence-electron chi connectivity index (χ3n) is 6.05. The number of Topliss-reactive ketones (excluding diaryl/α,β-unsaturated/α-hetero) is 1. The minimum atomic E-state index is -0.720. The van der Waals surface area contributed by atoms with Crippen LogP contribution in [-0.2, 0) is 16.0 Å². The summed E-state index contributed by atoms with van der Waals surface area (Å²) in [6.45, 7) is 0.576. The van der Waals surface area contributed by atoms with Crippen LogP contribution in [0.4, 0.5) is 16.2 Å². The Balaban J connectivity index is 1.46. The first-order chi connectivity index (χ1) is 16.6. The highest BCUT2D eigenvalue weighted by atomic mass is 16.5. The number of aryl methyl sites for hydroxylation is 1. The molecule has 1 aromatic heterocycles. The van der Waals surface area contributed by atoms with E-state index in [9.17, 15) is 14.4 Å². The number of aromatic nitrogens is 1. The minimum absolute atomic E-state index is 0.342. The number of rotatable bonds is 4. The average Bonchev–Trinajstić information content (AvgIpc) is 3.27. The molecule has 3 aromatic carbocycles. The van der Waals surface area contributed by atoms with Crippen LogP contribution in [0.2, 0.25) is 0 Å². The van der Waals surface area contributed by atoms with E-state index in [1.807, 2.05) is 60.7 Å². The lowest BCUT2D eigenvalue weighted by atomic mass is 10.00. The number of ether oxygens (including phenoxy) is 1. The van der Waals surface area contributed by atoms with Crippen LogP contribution >= 0.6 is 0 Å². The maximum atomic E-state index is 13.4. The molecule has 2 N–H and O–H groups in total. The number of H-pyrrole nitrogens is 1. The molecule has 2 heterocycles. The van der Waals surface area contributed by atoms with Crippen molar-refractivity contribution in [2.75, 3.05) is 23.9 Å². The Hall–Kier alpha value is -4.39. The fourth-order valence-electron chi connectivity index (χ4n) is 4.48. The molecule has 0 bridgehead atoms. The van der Waals surface area contributed by atoms with Crippen LogP contribution in [0.1, 0.15) is 22.3 Å². The predicted octanol–water partition coefficient (Wildman–Crippen LogP) is 5.18. The number of hydrogen-bond acceptors (Lipinski definition) is 4. The van der Waals surface area contributed by atoms with E-state index in [0.717, 1.165) is 35.2 Å². The predicted molar refractivity (Wildman–Crippen MR) is 131 cm³/mol. The Kier molecular flexibility index (Phi) is 5.59. The highest BCUT2D eigenvalue weighted by Crippen LogP contribution is 2.32. The van der Waals surface area contributed by atoms with Crippen molar-refractivity contribution >= 4 is 40.1 Å². The van der Waals surface area contributed by atoms with Gasteiger partial charge in [0.05, 0.1) is 24.1 Å². The van der Waals surface area contributed by atoms with Gasteiger partial charge in [0.25, 0.3) is 11.7 Å². The number of amides is 2. The summed E-state index contributed by atoms with van der Waals surface area (Å²) >= 11 is 0. The Morgan fingerprint density at radius 3 is 2.53 bits per heavy atom. The van der Waals surface area contributed by atoms with Gasteiger partial charge >= 0.3 is 6.09 Å². The molecule has 0 spiro atoms. The molecule has 2 amide bonds. The molecule has 34 heavy (non-hydrogen) atoms.